The number of rotatable bonds is 10. The molecule has 266 valence electrons. The van der Waals surface area contributed by atoms with Gasteiger partial charge in [0.15, 0.2) is 0 Å². The first-order valence-corrected chi connectivity index (χ1v) is 17.0. The smallest absolute Gasteiger partial charge is 0.508 e. The highest BCUT2D eigenvalue weighted by molar-refractivity contribution is 5.97. The van der Waals surface area contributed by atoms with Gasteiger partial charge < -0.3 is 34.5 Å². The van der Waals surface area contributed by atoms with Gasteiger partial charge in [-0.3, -0.25) is 14.4 Å². The fourth-order valence-electron chi connectivity index (χ4n) is 6.70. The number of carbonyl (C=O) groups is 4. The highest BCUT2D eigenvalue weighted by Gasteiger charge is 2.51. The Kier molecular flexibility index (Phi) is 9.56. The Balaban J connectivity index is 1.19. The number of aromatic nitrogens is 2. The molecule has 0 fully saturated rings. The third-order valence-corrected chi connectivity index (χ3v) is 9.31. The molecule has 13 heteroatoms. The van der Waals surface area contributed by atoms with Crippen molar-refractivity contribution >= 4 is 40.5 Å². The summed E-state index contributed by atoms with van der Waals surface area (Å²) < 4.78 is 18.2. The number of cyclic esters (lactones) is 1. The van der Waals surface area contributed by atoms with Crippen LogP contribution in [0.2, 0.25) is 0 Å². The molecule has 0 bridgehead atoms. The second kappa shape index (κ2) is 13.9. The van der Waals surface area contributed by atoms with E-state index in [-0.39, 0.29) is 66.3 Å². The quantitative estimate of drug-likeness (QED) is 0.165. The summed E-state index contributed by atoms with van der Waals surface area (Å²) in [6, 6.07) is 12.4. The van der Waals surface area contributed by atoms with Gasteiger partial charge in [0.1, 0.15) is 25.0 Å². The van der Waals surface area contributed by atoms with Gasteiger partial charge in [0.05, 0.1) is 29.0 Å². The Hall–Kier alpha value is -5.72. The van der Waals surface area contributed by atoms with Crippen molar-refractivity contribution in [2.24, 2.45) is 5.92 Å². The topological polar surface area (TPSA) is 175 Å². The van der Waals surface area contributed by atoms with E-state index in [4.69, 9.17) is 19.2 Å². The Bertz CT molecular complexity index is 2120. The molecule has 0 saturated carbocycles. The molecule has 13 nitrogen and oxygen atoms in total. The summed E-state index contributed by atoms with van der Waals surface area (Å²) in [6.07, 6.45) is -0.209. The molecule has 2 aromatic carbocycles. The van der Waals surface area contributed by atoms with Crippen LogP contribution in [0.5, 0.6) is 5.75 Å². The van der Waals surface area contributed by atoms with Crippen LogP contribution in [0.25, 0.3) is 22.3 Å². The Labute approximate surface area is 293 Å². The van der Waals surface area contributed by atoms with Crippen molar-refractivity contribution in [3.05, 3.63) is 86.7 Å². The molecule has 6 rings (SSSR count). The molecule has 51 heavy (non-hydrogen) atoms. The first-order valence-electron chi connectivity index (χ1n) is 17.0. The summed E-state index contributed by atoms with van der Waals surface area (Å²) in [6.45, 7) is 8.86. The second-order valence-electron chi connectivity index (χ2n) is 13.3. The average Bonchev–Trinajstić information content (AvgIpc) is 3.46. The van der Waals surface area contributed by atoms with Crippen molar-refractivity contribution < 1.29 is 38.5 Å². The van der Waals surface area contributed by atoms with E-state index in [1.165, 1.54) is 0 Å². The van der Waals surface area contributed by atoms with Crippen LogP contribution < -0.4 is 16.2 Å². The maximum atomic E-state index is 13.9. The number of carbonyl (C=O) groups excluding carboxylic acids is 4. The van der Waals surface area contributed by atoms with Gasteiger partial charge in [-0.2, -0.15) is 0 Å². The summed E-state index contributed by atoms with van der Waals surface area (Å²) in [5.41, 5.74) is 2.69. The maximum Gasteiger partial charge on any atom is 0.510 e. The fraction of sp³-hybridized carbons (Fsp3) is 0.368. The van der Waals surface area contributed by atoms with Gasteiger partial charge in [-0.1, -0.05) is 39.8 Å². The number of ether oxygens (including phenoxy) is 3. The molecule has 2 aliphatic rings. The number of phenolic OH excluding ortho intramolecular Hbond substituents is 1. The van der Waals surface area contributed by atoms with E-state index in [1.54, 1.807) is 66.9 Å². The molecule has 4 aromatic rings. The lowest BCUT2D eigenvalue weighted by atomic mass is 9.85. The van der Waals surface area contributed by atoms with E-state index in [0.717, 1.165) is 16.5 Å². The van der Waals surface area contributed by atoms with Crippen LogP contribution in [0.4, 0.5) is 10.5 Å². The Morgan fingerprint density at radius 2 is 1.78 bits per heavy atom. The lowest BCUT2D eigenvalue weighted by Crippen LogP contribution is -2.47. The molecule has 0 saturated heterocycles. The number of nitrogens with zero attached hydrogens (tertiary/aromatic N) is 2. The molecule has 0 unspecified atom stereocenters. The van der Waals surface area contributed by atoms with Gasteiger partial charge in [-0.15, -0.1) is 0 Å². The summed E-state index contributed by atoms with van der Waals surface area (Å²) in [7, 11) is 0. The molecule has 2 atom stereocenters. The minimum Gasteiger partial charge on any atom is -0.508 e. The third kappa shape index (κ3) is 6.63. The monoisotopic (exact) mass is 696 g/mol. The van der Waals surface area contributed by atoms with E-state index in [2.05, 4.69) is 10.6 Å². The summed E-state index contributed by atoms with van der Waals surface area (Å²) in [5, 5.41) is 16.3. The number of anilines is 1. The number of nitrogens with one attached hydrogen (secondary N) is 2. The minimum absolute atomic E-state index is 0.0287. The predicted octanol–water partition coefficient (Wildman–Crippen LogP) is 5.20. The fourth-order valence-corrected chi connectivity index (χ4v) is 6.70. The normalized spacial score (nSPS) is 16.5. The highest BCUT2D eigenvalue weighted by Crippen LogP contribution is 2.42. The number of esters is 1. The number of phenols is 1. The molecule has 2 amide bonds. The van der Waals surface area contributed by atoms with Crippen LogP contribution in [-0.2, 0) is 60.4 Å². The highest BCUT2D eigenvalue weighted by atomic mass is 16.7. The molecular weight excluding hydrogens is 656 g/mol. The van der Waals surface area contributed by atoms with Crippen molar-refractivity contribution in [1.29, 1.82) is 0 Å². The van der Waals surface area contributed by atoms with Crippen LogP contribution >= 0.6 is 0 Å². The number of amides is 2. The van der Waals surface area contributed by atoms with E-state index in [9.17, 15) is 29.1 Å². The van der Waals surface area contributed by atoms with E-state index in [0.29, 0.717) is 41.0 Å². The first-order chi connectivity index (χ1) is 24.3. The predicted molar refractivity (Wildman–Crippen MR) is 187 cm³/mol. The molecule has 0 aliphatic carbocycles. The second-order valence-corrected chi connectivity index (χ2v) is 13.3. The molecule has 2 aliphatic heterocycles. The van der Waals surface area contributed by atoms with Gasteiger partial charge in [0.25, 0.3) is 5.56 Å². The number of aryl methyl sites for hydroxylation is 1. The van der Waals surface area contributed by atoms with Gasteiger partial charge in [0, 0.05) is 28.6 Å². The zero-order chi connectivity index (χ0) is 36.6. The minimum atomic E-state index is -1.94. The number of pyridine rings is 2. The zero-order valence-corrected chi connectivity index (χ0v) is 29.1. The van der Waals surface area contributed by atoms with E-state index in [1.807, 2.05) is 20.8 Å². The zero-order valence-electron chi connectivity index (χ0n) is 29.1. The number of hydrogen-bond acceptors (Lipinski definition) is 10. The third-order valence-electron chi connectivity index (χ3n) is 9.31. The Morgan fingerprint density at radius 1 is 1.04 bits per heavy atom. The number of aromatic hydroxyl groups is 1. The van der Waals surface area contributed by atoms with Crippen LogP contribution in [0.3, 0.4) is 0 Å². The lowest BCUT2D eigenvalue weighted by molar-refractivity contribution is -0.175. The molecule has 2 aromatic heterocycles. The van der Waals surface area contributed by atoms with Crippen molar-refractivity contribution in [3.63, 3.8) is 0 Å². The molecular formula is C38H40N4O9. The van der Waals surface area contributed by atoms with E-state index >= 15 is 0 Å². The van der Waals surface area contributed by atoms with Crippen LogP contribution in [0, 0.1) is 5.92 Å². The first kappa shape index (κ1) is 35.1. The molecule has 0 spiro atoms. The van der Waals surface area contributed by atoms with Gasteiger partial charge in [-0.05, 0) is 73.2 Å². The van der Waals surface area contributed by atoms with Crippen LogP contribution in [0.1, 0.15) is 75.3 Å². The van der Waals surface area contributed by atoms with Crippen molar-refractivity contribution in [2.75, 3.05) is 5.32 Å². The van der Waals surface area contributed by atoms with Gasteiger partial charge >= 0.3 is 12.1 Å². The maximum absolute atomic E-state index is 13.9. The van der Waals surface area contributed by atoms with Crippen LogP contribution in [-0.4, -0.2) is 44.6 Å². The van der Waals surface area contributed by atoms with Gasteiger partial charge in [0.2, 0.25) is 17.4 Å². The molecule has 4 heterocycles. The van der Waals surface area contributed by atoms with Crippen molar-refractivity contribution in [3.8, 4) is 17.1 Å². The standard InChI is InChI=1S/C38H40N4O9/c1-6-25-26-15-24(43)12-13-30(26)41-33-27(25)17-42-31(33)16-29-28(35(42)46)19-49-36(47)38(29,7-2)51-37(48)50-18-22-8-10-23(11-9-22)40-34(45)21(5)39-32(44)14-20(3)4/h8-13,15-16,20-21,43H,6-7,14,17-19H2,1-5H3,(H,39,44)(H,40,45)/t21-,38-/m0/s1. The molecule has 3 N–H and O–H groups in total. The summed E-state index contributed by atoms with van der Waals surface area (Å²) >= 11 is 0. The largest absolute Gasteiger partial charge is 0.510 e. The van der Waals surface area contributed by atoms with Crippen molar-refractivity contribution in [1.82, 2.24) is 14.9 Å². The number of benzene rings is 2. The SMILES string of the molecule is CCc1c2c(nc3ccc(O)cc13)-c1cc3c(c(=O)n1C2)COC(=O)[C@@]3(CC)OC(=O)OCc1ccc(NC(=O)[C@H](C)NC(=O)CC(C)C)cc1. The average molecular weight is 697 g/mol. The van der Waals surface area contributed by atoms with Gasteiger partial charge in [-0.25, -0.2) is 14.6 Å². The summed E-state index contributed by atoms with van der Waals surface area (Å²) in [4.78, 5) is 69.9. The van der Waals surface area contributed by atoms with Crippen molar-refractivity contribution in [2.45, 2.75) is 85.3 Å². The molecule has 0 radical (unpaired) electrons. The number of hydrogen-bond donors (Lipinski definition) is 3. The Morgan fingerprint density at radius 3 is 2.47 bits per heavy atom. The summed E-state index contributed by atoms with van der Waals surface area (Å²) in [5.74, 6) is -1.12. The lowest BCUT2D eigenvalue weighted by Gasteiger charge is -2.35. The van der Waals surface area contributed by atoms with Crippen LogP contribution in [0.15, 0.2) is 53.3 Å². The number of fused-ring (bicyclic) bond motifs is 5. The van der Waals surface area contributed by atoms with E-state index < -0.39 is 23.8 Å².